The Hall–Kier alpha value is -3.82. The average molecular weight is 472 g/mol. The van der Waals surface area contributed by atoms with Gasteiger partial charge in [-0.15, -0.1) is 0 Å². The fourth-order valence-electron chi connectivity index (χ4n) is 3.72. The molecule has 34 heavy (non-hydrogen) atoms. The zero-order chi connectivity index (χ0) is 24.1. The second kappa shape index (κ2) is 9.98. The molecule has 7 nitrogen and oxygen atoms in total. The zero-order valence-corrected chi connectivity index (χ0v) is 18.2. The lowest BCUT2D eigenvalue weighted by atomic mass is 10.1. The first kappa shape index (κ1) is 23.3. The molecule has 0 unspecified atom stereocenters. The Bertz CT molecular complexity index is 1120. The van der Waals surface area contributed by atoms with Gasteiger partial charge in [-0.3, -0.25) is 9.48 Å². The molecule has 178 valence electrons. The molecule has 1 aliphatic heterocycles. The van der Waals surface area contributed by atoms with E-state index in [2.05, 4.69) is 5.10 Å². The molecular formula is C24H23F3N4O3. The third-order valence-corrected chi connectivity index (χ3v) is 5.59. The number of ether oxygens (including phenoxy) is 1. The van der Waals surface area contributed by atoms with Crippen molar-refractivity contribution < 1.29 is 27.5 Å². The fraction of sp³-hybridized carbons (Fsp3) is 0.292. The summed E-state index contributed by atoms with van der Waals surface area (Å²) in [6.07, 6.45) is -0.876. The highest BCUT2D eigenvalue weighted by Crippen LogP contribution is 2.31. The molecule has 1 aromatic heterocycles. The summed E-state index contributed by atoms with van der Waals surface area (Å²) in [5.41, 5.74) is 1.07. The third kappa shape index (κ3) is 5.75. The molecule has 1 amide bonds. The summed E-state index contributed by atoms with van der Waals surface area (Å²) in [7, 11) is 0. The number of halogens is 3. The molecule has 1 aliphatic rings. The van der Waals surface area contributed by atoms with Crippen LogP contribution in [0.5, 0.6) is 0 Å². The molecule has 0 atom stereocenters. The van der Waals surface area contributed by atoms with Gasteiger partial charge in [-0.2, -0.15) is 18.3 Å². The smallest absolute Gasteiger partial charge is 0.416 e. The second-order valence-electron chi connectivity index (χ2n) is 7.89. The number of hydrogen-bond donors (Lipinski definition) is 0. The summed E-state index contributed by atoms with van der Waals surface area (Å²) < 4.78 is 45.8. The van der Waals surface area contributed by atoms with Gasteiger partial charge < -0.3 is 14.5 Å². The first-order chi connectivity index (χ1) is 16.3. The van der Waals surface area contributed by atoms with E-state index < -0.39 is 24.3 Å². The van der Waals surface area contributed by atoms with Gasteiger partial charge in [0.15, 0.2) is 6.61 Å². The highest BCUT2D eigenvalue weighted by atomic mass is 19.4. The van der Waals surface area contributed by atoms with Crippen molar-refractivity contribution >= 4 is 17.6 Å². The highest BCUT2D eigenvalue weighted by Gasteiger charge is 2.31. The largest absolute Gasteiger partial charge is 0.452 e. The molecule has 4 rings (SSSR count). The minimum atomic E-state index is -4.40. The monoisotopic (exact) mass is 472 g/mol. The topological polar surface area (TPSA) is 67.7 Å². The molecule has 10 heteroatoms. The van der Waals surface area contributed by atoms with Crippen molar-refractivity contribution in [1.29, 1.82) is 0 Å². The van der Waals surface area contributed by atoms with Crippen molar-refractivity contribution in [2.75, 3.05) is 37.7 Å². The van der Waals surface area contributed by atoms with Gasteiger partial charge >= 0.3 is 12.1 Å². The third-order valence-electron chi connectivity index (χ3n) is 5.59. The summed E-state index contributed by atoms with van der Waals surface area (Å²) in [5, 5.41) is 4.13. The van der Waals surface area contributed by atoms with Crippen LogP contribution in [0.15, 0.2) is 67.0 Å². The lowest BCUT2D eigenvalue weighted by molar-refractivity contribution is -0.137. The van der Waals surface area contributed by atoms with Crippen molar-refractivity contribution in [3.05, 3.63) is 83.7 Å². The number of carbonyl (C=O) groups is 2. The van der Waals surface area contributed by atoms with Gasteiger partial charge in [-0.1, -0.05) is 18.2 Å². The maximum Gasteiger partial charge on any atom is 0.416 e. The lowest BCUT2D eigenvalue weighted by Gasteiger charge is -2.36. The summed E-state index contributed by atoms with van der Waals surface area (Å²) in [5.74, 6) is -0.936. The summed E-state index contributed by atoms with van der Waals surface area (Å²) >= 11 is 0. The van der Waals surface area contributed by atoms with E-state index in [0.717, 1.165) is 17.7 Å². The van der Waals surface area contributed by atoms with Crippen molar-refractivity contribution in [3.63, 3.8) is 0 Å². The molecule has 0 spiro atoms. The van der Waals surface area contributed by atoms with E-state index in [-0.39, 0.29) is 5.91 Å². The molecule has 1 saturated heterocycles. The number of nitrogens with zero attached hydrogens (tertiary/aromatic N) is 4. The Morgan fingerprint density at radius 3 is 2.35 bits per heavy atom. The van der Waals surface area contributed by atoms with Gasteiger partial charge in [0.2, 0.25) is 0 Å². The van der Waals surface area contributed by atoms with Crippen LogP contribution in [0.3, 0.4) is 0 Å². The van der Waals surface area contributed by atoms with Gasteiger partial charge in [0, 0.05) is 44.3 Å². The van der Waals surface area contributed by atoms with E-state index in [1.54, 1.807) is 51.0 Å². The van der Waals surface area contributed by atoms with Crippen LogP contribution in [0.4, 0.5) is 18.9 Å². The average Bonchev–Trinajstić information content (AvgIpc) is 3.35. The number of carbonyl (C=O) groups excluding carboxylic acids is 2. The van der Waals surface area contributed by atoms with E-state index in [1.807, 2.05) is 12.3 Å². The van der Waals surface area contributed by atoms with Gasteiger partial charge in [-0.25, -0.2) is 4.79 Å². The molecule has 2 aromatic carbocycles. The summed E-state index contributed by atoms with van der Waals surface area (Å²) in [6.45, 7) is 1.62. The number of anilines is 1. The minimum Gasteiger partial charge on any atom is -0.452 e. The molecule has 0 aliphatic carbocycles. The van der Waals surface area contributed by atoms with Gasteiger partial charge in [0.1, 0.15) is 0 Å². The Labute approximate surface area is 194 Å². The van der Waals surface area contributed by atoms with E-state index in [1.165, 1.54) is 6.07 Å². The number of benzene rings is 2. The first-order valence-corrected chi connectivity index (χ1v) is 10.7. The number of esters is 1. The zero-order valence-electron chi connectivity index (χ0n) is 18.2. The van der Waals surface area contributed by atoms with Crippen LogP contribution in [0.2, 0.25) is 0 Å². The van der Waals surface area contributed by atoms with Crippen LogP contribution in [0.25, 0.3) is 0 Å². The molecular weight excluding hydrogens is 449 g/mol. The Morgan fingerprint density at radius 2 is 1.71 bits per heavy atom. The number of piperazine rings is 1. The van der Waals surface area contributed by atoms with E-state index >= 15 is 0 Å². The standard InChI is InChI=1S/C24H23F3N4O3/c25-24(26,27)20-3-1-4-21(15-20)29-11-13-30(14-12-29)22(32)17-34-23(33)19-7-5-18(6-8-19)16-31-10-2-9-28-31/h1-10,15H,11-14,16-17H2. The van der Waals surface area contributed by atoms with Gasteiger partial charge in [-0.05, 0) is 42.0 Å². The number of amides is 1. The van der Waals surface area contributed by atoms with E-state index in [4.69, 9.17) is 4.74 Å². The predicted octanol–water partition coefficient (Wildman–Crippen LogP) is 3.46. The normalized spacial score (nSPS) is 14.2. The van der Waals surface area contributed by atoms with Gasteiger partial charge in [0.25, 0.3) is 5.91 Å². The SMILES string of the molecule is O=C(OCC(=O)N1CCN(c2cccc(C(F)(F)F)c2)CC1)c1ccc(Cn2cccn2)cc1. The number of alkyl halides is 3. The van der Waals surface area contributed by atoms with Crippen molar-refractivity contribution in [1.82, 2.24) is 14.7 Å². The maximum atomic E-state index is 13.0. The second-order valence-corrected chi connectivity index (χ2v) is 7.89. The first-order valence-electron chi connectivity index (χ1n) is 10.7. The van der Waals surface area contributed by atoms with Crippen LogP contribution < -0.4 is 4.90 Å². The maximum absolute atomic E-state index is 13.0. The van der Waals surface area contributed by atoms with Crippen LogP contribution in [-0.2, 0) is 22.3 Å². The molecule has 0 bridgehead atoms. The molecule has 2 heterocycles. The van der Waals surface area contributed by atoms with Crippen molar-refractivity contribution in [2.45, 2.75) is 12.7 Å². The number of aromatic nitrogens is 2. The quantitative estimate of drug-likeness (QED) is 0.514. The van der Waals surface area contributed by atoms with Crippen LogP contribution in [0, 0.1) is 0 Å². The van der Waals surface area contributed by atoms with Crippen LogP contribution in [0.1, 0.15) is 21.5 Å². The molecule has 0 saturated carbocycles. The van der Waals surface area contributed by atoms with Crippen LogP contribution in [-0.4, -0.2) is 59.3 Å². The highest BCUT2D eigenvalue weighted by molar-refractivity contribution is 5.91. The molecule has 1 fully saturated rings. The summed E-state index contributed by atoms with van der Waals surface area (Å²) in [4.78, 5) is 28.1. The summed E-state index contributed by atoms with van der Waals surface area (Å²) in [6, 6.07) is 13.8. The van der Waals surface area contributed by atoms with Crippen LogP contribution >= 0.6 is 0 Å². The predicted molar refractivity (Wildman–Crippen MR) is 118 cm³/mol. The molecule has 0 radical (unpaired) electrons. The Balaban J connectivity index is 1.24. The fourth-order valence-corrected chi connectivity index (χ4v) is 3.72. The Morgan fingerprint density at radius 1 is 0.971 bits per heavy atom. The Kier molecular flexibility index (Phi) is 6.85. The molecule has 3 aromatic rings. The van der Waals surface area contributed by atoms with E-state index in [0.29, 0.717) is 44.0 Å². The lowest BCUT2D eigenvalue weighted by Crippen LogP contribution is -2.50. The number of rotatable bonds is 6. The minimum absolute atomic E-state index is 0.328. The van der Waals surface area contributed by atoms with E-state index in [9.17, 15) is 22.8 Å². The number of hydrogen-bond acceptors (Lipinski definition) is 5. The van der Waals surface area contributed by atoms with Gasteiger partial charge in [0.05, 0.1) is 17.7 Å². The van der Waals surface area contributed by atoms with Crippen molar-refractivity contribution in [3.8, 4) is 0 Å². The van der Waals surface area contributed by atoms with Crippen molar-refractivity contribution in [2.24, 2.45) is 0 Å². The molecule has 0 N–H and O–H groups in total.